The maximum absolute atomic E-state index is 5.20. The molecule has 0 saturated heterocycles. The van der Waals surface area contributed by atoms with Gasteiger partial charge in [-0.2, -0.15) is 5.10 Å². The summed E-state index contributed by atoms with van der Waals surface area (Å²) in [6, 6.07) is 22.5. The van der Waals surface area contributed by atoms with Gasteiger partial charge >= 0.3 is 0 Å². The number of thiophene rings is 1. The molecule has 0 atom stereocenters. The summed E-state index contributed by atoms with van der Waals surface area (Å²) >= 11 is 1.64. The third-order valence-electron chi connectivity index (χ3n) is 6.30. The average molecular weight is 476 g/mol. The Kier molecular flexibility index (Phi) is 4.44. The molecule has 0 unspecified atom stereocenters. The van der Waals surface area contributed by atoms with E-state index in [0.29, 0.717) is 5.82 Å². The van der Waals surface area contributed by atoms with Gasteiger partial charge in [-0.05, 0) is 19.9 Å². The summed E-state index contributed by atoms with van der Waals surface area (Å²) < 4.78 is 1.92. The molecule has 35 heavy (non-hydrogen) atoms. The fourth-order valence-electron chi connectivity index (χ4n) is 4.76. The minimum atomic E-state index is 0.712. The Bertz CT molecular complexity index is 1660. The first-order valence-electron chi connectivity index (χ1n) is 11.6. The van der Waals surface area contributed by atoms with Gasteiger partial charge in [-0.1, -0.05) is 60.7 Å². The number of aryl methyl sites for hydroxylation is 2. The van der Waals surface area contributed by atoms with Gasteiger partial charge in [-0.3, -0.25) is 9.89 Å². The predicted molar refractivity (Wildman–Crippen MR) is 141 cm³/mol. The predicted octanol–water partition coefficient (Wildman–Crippen LogP) is 5.45. The maximum Gasteiger partial charge on any atom is 0.233 e. The molecule has 7 nitrogen and oxygen atoms in total. The quantitative estimate of drug-likeness (QED) is 0.340. The van der Waals surface area contributed by atoms with Gasteiger partial charge in [0.25, 0.3) is 0 Å². The number of aromatic nitrogens is 4. The molecule has 0 N–H and O–H groups in total. The third-order valence-corrected chi connectivity index (χ3v) is 7.37. The van der Waals surface area contributed by atoms with Gasteiger partial charge in [0.05, 0.1) is 28.2 Å². The molecule has 0 aliphatic carbocycles. The molecule has 7 rings (SSSR count). The van der Waals surface area contributed by atoms with Gasteiger partial charge < -0.3 is 0 Å². The second kappa shape index (κ2) is 7.68. The molecule has 5 heterocycles. The minimum Gasteiger partial charge on any atom is -0.292 e. The lowest BCUT2D eigenvalue weighted by Gasteiger charge is -2.26. The monoisotopic (exact) mass is 475 g/mol. The largest absolute Gasteiger partial charge is 0.292 e. The van der Waals surface area contributed by atoms with Crippen molar-refractivity contribution < 1.29 is 0 Å². The molecule has 0 radical (unpaired) electrons. The molecule has 0 amide bonds. The summed E-state index contributed by atoms with van der Waals surface area (Å²) in [5.41, 5.74) is 5.80. The summed E-state index contributed by atoms with van der Waals surface area (Å²) in [7, 11) is 0. The minimum absolute atomic E-state index is 0.712. The second-order valence-corrected chi connectivity index (χ2v) is 9.69. The van der Waals surface area contributed by atoms with Crippen LogP contribution in [-0.2, 0) is 0 Å². The maximum atomic E-state index is 5.20. The molecule has 0 fully saturated rings. The third kappa shape index (κ3) is 3.14. The normalized spacial score (nSPS) is 14.6. The molecule has 0 bridgehead atoms. The van der Waals surface area contributed by atoms with Crippen LogP contribution in [0.1, 0.15) is 16.3 Å². The smallest absolute Gasteiger partial charge is 0.233 e. The van der Waals surface area contributed by atoms with E-state index >= 15 is 0 Å². The van der Waals surface area contributed by atoms with Gasteiger partial charge in [-0.15, -0.1) is 11.3 Å². The van der Waals surface area contributed by atoms with E-state index in [1.807, 2.05) is 60.1 Å². The standard InChI is InChI=1S/C27H21N7S/c1-16-15-17(2)34(32-16)27-30-22-20-21(18-9-5-3-6-10-18)29-24(19-11-7-4-8-12-19)31-26(20)35-23(22)25-28-13-14-33(25)27/h3-12,15H,13-14H2,1-2H3. The molecule has 0 saturated carbocycles. The highest BCUT2D eigenvalue weighted by atomic mass is 32.1. The highest BCUT2D eigenvalue weighted by Gasteiger charge is 2.35. The number of fused-ring (bicyclic) bond motifs is 5. The molecule has 0 spiro atoms. The molecule has 2 aliphatic heterocycles. The summed E-state index contributed by atoms with van der Waals surface area (Å²) in [5, 5.41) is 5.69. The highest BCUT2D eigenvalue weighted by Crippen LogP contribution is 2.45. The van der Waals surface area contributed by atoms with Gasteiger partial charge in [-0.25, -0.2) is 19.6 Å². The molecule has 3 aromatic heterocycles. The zero-order valence-electron chi connectivity index (χ0n) is 19.3. The number of benzene rings is 2. The van der Waals surface area contributed by atoms with Crippen LogP contribution in [0.3, 0.4) is 0 Å². The van der Waals surface area contributed by atoms with E-state index in [4.69, 9.17) is 25.1 Å². The Balaban J connectivity index is 1.55. The van der Waals surface area contributed by atoms with E-state index in [0.717, 1.165) is 73.9 Å². The fraction of sp³-hybridized carbons (Fsp3) is 0.148. The highest BCUT2D eigenvalue weighted by molar-refractivity contribution is 7.21. The van der Waals surface area contributed by atoms with Gasteiger partial charge in [0, 0.05) is 23.4 Å². The molecule has 170 valence electrons. The van der Waals surface area contributed by atoms with Crippen molar-refractivity contribution in [2.75, 3.05) is 13.1 Å². The summed E-state index contributed by atoms with van der Waals surface area (Å²) in [6.45, 7) is 5.57. The topological polar surface area (TPSA) is 71.6 Å². The lowest BCUT2D eigenvalue weighted by molar-refractivity contribution is 0.615. The number of rotatable bonds is 2. The Hall–Kier alpha value is -4.17. The average Bonchev–Trinajstić information content (AvgIpc) is 3.60. The molecule has 2 aromatic carbocycles. The van der Waals surface area contributed by atoms with Crippen molar-refractivity contribution in [3.63, 3.8) is 0 Å². The van der Waals surface area contributed by atoms with Gasteiger partial charge in [0.1, 0.15) is 10.5 Å². The van der Waals surface area contributed by atoms with Crippen LogP contribution in [0.4, 0.5) is 5.69 Å². The van der Waals surface area contributed by atoms with Crippen LogP contribution in [0.25, 0.3) is 32.9 Å². The van der Waals surface area contributed by atoms with Gasteiger partial charge in [0.2, 0.25) is 5.96 Å². The van der Waals surface area contributed by atoms with Crippen LogP contribution < -0.4 is 0 Å². The SMILES string of the molecule is Cc1cc(C)n(C2=Nc3c(sc4nc(-c5ccccc5)nc(-c5ccccc5)c34)C3=NCCN32)n1. The Morgan fingerprint density at radius 1 is 0.886 bits per heavy atom. The first-order valence-corrected chi connectivity index (χ1v) is 12.4. The Morgan fingerprint density at radius 2 is 1.63 bits per heavy atom. The summed E-state index contributed by atoms with van der Waals surface area (Å²) in [4.78, 5) is 24.3. The molecule has 8 heteroatoms. The molecule has 2 aliphatic rings. The molecule has 5 aromatic rings. The Morgan fingerprint density at radius 3 is 2.34 bits per heavy atom. The van der Waals surface area contributed by atoms with Crippen LogP contribution in [0.15, 0.2) is 76.7 Å². The lowest BCUT2D eigenvalue weighted by Crippen LogP contribution is -2.41. The van der Waals surface area contributed by atoms with Crippen molar-refractivity contribution in [2.45, 2.75) is 13.8 Å². The number of nitrogens with zero attached hydrogens (tertiary/aromatic N) is 7. The number of amidine groups is 1. The van der Waals surface area contributed by atoms with Crippen molar-refractivity contribution in [1.82, 2.24) is 24.6 Å². The van der Waals surface area contributed by atoms with Crippen molar-refractivity contribution in [3.05, 3.63) is 83.0 Å². The summed E-state index contributed by atoms with van der Waals surface area (Å²) in [5.74, 6) is 2.44. The van der Waals surface area contributed by atoms with Crippen molar-refractivity contribution in [1.29, 1.82) is 0 Å². The second-order valence-electron chi connectivity index (χ2n) is 8.70. The number of aliphatic imine (C=N–C) groups is 2. The van der Waals surface area contributed by atoms with Crippen LogP contribution in [0.2, 0.25) is 0 Å². The lowest BCUT2D eigenvalue weighted by atomic mass is 10.1. The van der Waals surface area contributed by atoms with E-state index < -0.39 is 0 Å². The van der Waals surface area contributed by atoms with E-state index in [1.165, 1.54) is 0 Å². The zero-order valence-corrected chi connectivity index (χ0v) is 20.1. The number of hydrogen-bond acceptors (Lipinski definition) is 7. The Labute approximate surface area is 206 Å². The van der Waals surface area contributed by atoms with Crippen molar-refractivity contribution in [3.8, 4) is 22.6 Å². The molecular weight excluding hydrogens is 454 g/mol. The number of hydrogen-bond donors (Lipinski definition) is 0. The van der Waals surface area contributed by atoms with E-state index in [1.54, 1.807) is 11.3 Å². The van der Waals surface area contributed by atoms with E-state index in [2.05, 4.69) is 30.0 Å². The van der Waals surface area contributed by atoms with Crippen LogP contribution >= 0.6 is 11.3 Å². The van der Waals surface area contributed by atoms with Crippen LogP contribution in [0.5, 0.6) is 0 Å². The zero-order chi connectivity index (χ0) is 23.5. The fourth-order valence-corrected chi connectivity index (χ4v) is 5.89. The van der Waals surface area contributed by atoms with Crippen LogP contribution in [-0.4, -0.2) is 49.5 Å². The first kappa shape index (κ1) is 20.2. The van der Waals surface area contributed by atoms with Gasteiger partial charge in [0.15, 0.2) is 11.7 Å². The summed E-state index contributed by atoms with van der Waals surface area (Å²) in [6.07, 6.45) is 0. The first-order chi connectivity index (χ1) is 17.2. The van der Waals surface area contributed by atoms with Crippen LogP contribution in [0, 0.1) is 13.8 Å². The van der Waals surface area contributed by atoms with Crippen molar-refractivity contribution in [2.24, 2.45) is 9.98 Å². The van der Waals surface area contributed by atoms with E-state index in [-0.39, 0.29) is 0 Å². The molecular formula is C27H21N7S. The van der Waals surface area contributed by atoms with E-state index in [9.17, 15) is 0 Å². The van der Waals surface area contributed by atoms with Crippen molar-refractivity contribution >= 4 is 39.0 Å².